The molecule has 1 heterocycles. The number of aromatic nitrogens is 2. The topological polar surface area (TPSA) is 44.0 Å². The number of nitrogens with zero attached hydrogens (tertiary/aromatic N) is 2. The second kappa shape index (κ2) is 7.66. The first-order valence-electron chi connectivity index (χ1n) is 8.74. The molecular weight excluding hydrogens is 395 g/mol. The number of hydrogen-bond donors (Lipinski definition) is 0. The zero-order valence-electron chi connectivity index (χ0n) is 14.8. The molecule has 0 unspecified atom stereocenters. The molecule has 4 nitrogen and oxygen atoms in total. The fourth-order valence-corrected chi connectivity index (χ4v) is 3.46. The summed E-state index contributed by atoms with van der Waals surface area (Å²) in [7, 11) is 0. The first-order chi connectivity index (χ1) is 13.5. The van der Waals surface area contributed by atoms with Gasteiger partial charge in [0.05, 0.1) is 24.0 Å². The summed E-state index contributed by atoms with van der Waals surface area (Å²) in [5.41, 5.74) is 1.71. The van der Waals surface area contributed by atoms with Gasteiger partial charge in [-0.25, -0.2) is 4.79 Å². The maximum absolute atomic E-state index is 13.2. The van der Waals surface area contributed by atoms with Crippen molar-refractivity contribution in [1.29, 1.82) is 0 Å². The molecule has 0 saturated heterocycles. The Hall–Kier alpha value is -2.82. The van der Waals surface area contributed by atoms with Gasteiger partial charge in [-0.15, -0.1) is 0 Å². The number of hydrogen-bond acceptors (Lipinski definition) is 2. The Kier molecular flexibility index (Phi) is 5.07. The molecule has 28 heavy (non-hydrogen) atoms. The third-order valence-electron chi connectivity index (χ3n) is 4.64. The van der Waals surface area contributed by atoms with Gasteiger partial charge in [0.1, 0.15) is 0 Å². The van der Waals surface area contributed by atoms with Crippen molar-refractivity contribution in [3.63, 3.8) is 0 Å². The molecule has 0 aliphatic rings. The van der Waals surface area contributed by atoms with Crippen LogP contribution in [0.1, 0.15) is 11.1 Å². The van der Waals surface area contributed by atoms with E-state index in [1.54, 1.807) is 47.0 Å². The van der Waals surface area contributed by atoms with E-state index in [-0.39, 0.29) is 17.8 Å². The summed E-state index contributed by atoms with van der Waals surface area (Å²) >= 11 is 11.9. The molecule has 0 N–H and O–H groups in total. The number of halogens is 2. The second-order valence-corrected chi connectivity index (χ2v) is 7.40. The molecule has 0 saturated carbocycles. The Labute approximate surface area is 171 Å². The van der Waals surface area contributed by atoms with Crippen LogP contribution >= 0.6 is 23.2 Å². The highest BCUT2D eigenvalue weighted by atomic mass is 35.5. The van der Waals surface area contributed by atoms with Gasteiger partial charge in [0.25, 0.3) is 5.56 Å². The number of fused-ring (bicyclic) bond motifs is 1. The van der Waals surface area contributed by atoms with Crippen LogP contribution in [0.3, 0.4) is 0 Å². The molecule has 4 aromatic rings. The Balaban J connectivity index is 1.88. The van der Waals surface area contributed by atoms with Gasteiger partial charge in [-0.1, -0.05) is 59.6 Å². The summed E-state index contributed by atoms with van der Waals surface area (Å²) in [5.74, 6) is 0. The van der Waals surface area contributed by atoms with Crippen molar-refractivity contribution in [2.24, 2.45) is 0 Å². The van der Waals surface area contributed by atoms with E-state index in [4.69, 9.17) is 23.2 Å². The van der Waals surface area contributed by atoms with Crippen molar-refractivity contribution in [1.82, 2.24) is 9.13 Å². The quantitative estimate of drug-likeness (QED) is 0.494. The fourth-order valence-electron chi connectivity index (χ4n) is 3.21. The van der Waals surface area contributed by atoms with Crippen LogP contribution in [0.4, 0.5) is 0 Å². The van der Waals surface area contributed by atoms with E-state index in [0.29, 0.717) is 27.5 Å². The predicted octanol–water partition coefficient (Wildman–Crippen LogP) is 4.57. The highest BCUT2D eigenvalue weighted by Crippen LogP contribution is 2.14. The smallest absolute Gasteiger partial charge is 0.289 e. The van der Waals surface area contributed by atoms with Crippen LogP contribution in [0.15, 0.2) is 82.4 Å². The predicted molar refractivity (Wildman–Crippen MR) is 114 cm³/mol. The molecule has 1 aromatic heterocycles. The molecule has 0 amide bonds. The largest absolute Gasteiger partial charge is 0.332 e. The molecule has 140 valence electrons. The highest BCUT2D eigenvalue weighted by molar-refractivity contribution is 6.30. The molecule has 4 rings (SSSR count). The van der Waals surface area contributed by atoms with Gasteiger partial charge < -0.3 is 0 Å². The van der Waals surface area contributed by atoms with E-state index in [1.165, 1.54) is 4.57 Å². The van der Waals surface area contributed by atoms with Crippen LogP contribution in [0.25, 0.3) is 10.9 Å². The lowest BCUT2D eigenvalue weighted by Gasteiger charge is -2.14. The third-order valence-corrected chi connectivity index (χ3v) is 5.14. The number of rotatable bonds is 4. The van der Waals surface area contributed by atoms with E-state index in [0.717, 1.165) is 11.1 Å². The highest BCUT2D eigenvalue weighted by Gasteiger charge is 2.13. The summed E-state index contributed by atoms with van der Waals surface area (Å²) in [4.78, 5) is 26.2. The van der Waals surface area contributed by atoms with Crippen molar-refractivity contribution in [2.75, 3.05) is 0 Å². The SMILES string of the molecule is O=c1c2ccccc2n(Cc2ccc(Cl)cc2)c(=O)n1Cc1ccc(Cl)cc1. The van der Waals surface area contributed by atoms with Gasteiger partial charge >= 0.3 is 5.69 Å². The lowest BCUT2D eigenvalue weighted by molar-refractivity contribution is 0.635. The molecule has 3 aromatic carbocycles. The molecule has 6 heteroatoms. The Morgan fingerprint density at radius 1 is 0.643 bits per heavy atom. The number of benzene rings is 3. The molecule has 0 fully saturated rings. The molecule has 0 aliphatic heterocycles. The van der Waals surface area contributed by atoms with Crippen LogP contribution in [-0.4, -0.2) is 9.13 Å². The maximum Gasteiger partial charge on any atom is 0.332 e. The summed E-state index contributed by atoms with van der Waals surface area (Å²) in [5, 5.41) is 1.74. The average Bonchev–Trinajstić information content (AvgIpc) is 2.71. The van der Waals surface area contributed by atoms with E-state index >= 15 is 0 Å². The van der Waals surface area contributed by atoms with Gasteiger partial charge in [0, 0.05) is 10.0 Å². The van der Waals surface area contributed by atoms with Gasteiger partial charge in [0.15, 0.2) is 0 Å². The molecule has 0 radical (unpaired) electrons. The van der Waals surface area contributed by atoms with Crippen molar-refractivity contribution in [3.05, 3.63) is 115 Å². The standard InChI is InChI=1S/C22H16Cl2N2O2/c23-17-9-5-15(6-10-17)13-25-20-4-2-1-3-19(20)21(27)26(22(25)28)14-16-7-11-18(24)12-8-16/h1-12H,13-14H2. The van der Waals surface area contributed by atoms with Crippen molar-refractivity contribution < 1.29 is 0 Å². The van der Waals surface area contributed by atoms with Crippen molar-refractivity contribution >= 4 is 34.1 Å². The van der Waals surface area contributed by atoms with Crippen LogP contribution in [-0.2, 0) is 13.1 Å². The minimum Gasteiger partial charge on any atom is -0.289 e. The van der Waals surface area contributed by atoms with Gasteiger partial charge in [-0.05, 0) is 47.5 Å². The van der Waals surface area contributed by atoms with E-state index in [2.05, 4.69) is 0 Å². The minimum absolute atomic E-state index is 0.181. The molecule has 0 aliphatic carbocycles. The van der Waals surface area contributed by atoms with Crippen LogP contribution in [0, 0.1) is 0 Å². The summed E-state index contributed by atoms with van der Waals surface area (Å²) in [6, 6.07) is 21.6. The third kappa shape index (κ3) is 3.61. The first kappa shape index (κ1) is 18.5. The Morgan fingerprint density at radius 3 is 1.71 bits per heavy atom. The van der Waals surface area contributed by atoms with E-state index < -0.39 is 0 Å². The fraction of sp³-hybridized carbons (Fsp3) is 0.0909. The summed E-state index contributed by atoms with van der Waals surface area (Å²) < 4.78 is 2.89. The van der Waals surface area contributed by atoms with Gasteiger partial charge in [-0.3, -0.25) is 13.9 Å². The molecular formula is C22H16Cl2N2O2. The average molecular weight is 411 g/mol. The van der Waals surface area contributed by atoms with Gasteiger partial charge in [-0.2, -0.15) is 0 Å². The van der Waals surface area contributed by atoms with E-state index in [1.807, 2.05) is 30.3 Å². The number of para-hydroxylation sites is 1. The zero-order valence-corrected chi connectivity index (χ0v) is 16.3. The molecule has 0 spiro atoms. The van der Waals surface area contributed by atoms with E-state index in [9.17, 15) is 9.59 Å². The minimum atomic E-state index is -0.353. The van der Waals surface area contributed by atoms with Crippen molar-refractivity contribution in [3.8, 4) is 0 Å². The maximum atomic E-state index is 13.2. The first-order valence-corrected chi connectivity index (χ1v) is 9.50. The van der Waals surface area contributed by atoms with Crippen molar-refractivity contribution in [2.45, 2.75) is 13.1 Å². The van der Waals surface area contributed by atoms with Crippen LogP contribution in [0.5, 0.6) is 0 Å². The molecule has 0 atom stereocenters. The van der Waals surface area contributed by atoms with Crippen LogP contribution < -0.4 is 11.2 Å². The zero-order chi connectivity index (χ0) is 19.7. The van der Waals surface area contributed by atoms with Crippen LogP contribution in [0.2, 0.25) is 10.0 Å². The second-order valence-electron chi connectivity index (χ2n) is 6.53. The Bertz CT molecular complexity index is 1260. The normalized spacial score (nSPS) is 11.1. The molecule has 0 bridgehead atoms. The summed E-state index contributed by atoms with van der Waals surface area (Å²) in [6.45, 7) is 0.525. The van der Waals surface area contributed by atoms with Gasteiger partial charge in [0.2, 0.25) is 0 Å². The lowest BCUT2D eigenvalue weighted by Crippen LogP contribution is -2.40. The lowest BCUT2D eigenvalue weighted by atomic mass is 10.2. The Morgan fingerprint density at radius 2 is 1.14 bits per heavy atom. The monoisotopic (exact) mass is 410 g/mol. The summed E-state index contributed by atoms with van der Waals surface area (Å²) in [6.07, 6.45) is 0.